The first-order valence-corrected chi connectivity index (χ1v) is 9.23. The number of carbonyl (C=O) groups excluding carboxylic acids is 1. The van der Waals surface area contributed by atoms with Gasteiger partial charge in [-0.2, -0.15) is 5.26 Å². The fraction of sp³-hybridized carbons (Fsp3) is 0.222. The van der Waals surface area contributed by atoms with Gasteiger partial charge in [0.2, 0.25) is 11.5 Å². The van der Waals surface area contributed by atoms with Gasteiger partial charge in [-0.25, -0.2) is 0 Å². The molecule has 0 saturated heterocycles. The standard InChI is InChI=1S/C18H18N2O4S2/c1-5-6-25-18-11(9-19)14(20)17(26-18)15(21)10-7-12(22-2)16(24-4)13(8-10)23-3/h5,7-8H,1,6,20H2,2-4H3. The zero-order valence-corrected chi connectivity index (χ0v) is 16.3. The summed E-state index contributed by atoms with van der Waals surface area (Å²) in [6, 6.07) is 5.19. The van der Waals surface area contributed by atoms with Crippen molar-refractivity contribution in [3.8, 4) is 23.3 Å². The first-order chi connectivity index (χ1) is 12.5. The molecule has 2 rings (SSSR count). The Bertz CT molecular complexity index is 859. The van der Waals surface area contributed by atoms with E-state index in [1.165, 1.54) is 44.4 Å². The number of ketones is 1. The highest BCUT2D eigenvalue weighted by Gasteiger charge is 2.24. The molecule has 1 heterocycles. The predicted octanol–water partition coefficient (Wildman–Crippen LogP) is 3.74. The number of carbonyl (C=O) groups is 1. The van der Waals surface area contributed by atoms with Crippen LogP contribution in [0.2, 0.25) is 0 Å². The van der Waals surface area contributed by atoms with Crippen molar-refractivity contribution < 1.29 is 19.0 Å². The number of thiophene rings is 1. The van der Waals surface area contributed by atoms with Gasteiger partial charge in [-0.15, -0.1) is 29.7 Å². The fourth-order valence-corrected chi connectivity index (χ4v) is 4.40. The van der Waals surface area contributed by atoms with Gasteiger partial charge in [-0.3, -0.25) is 4.79 Å². The topological polar surface area (TPSA) is 94.6 Å². The number of anilines is 1. The molecule has 26 heavy (non-hydrogen) atoms. The van der Waals surface area contributed by atoms with Gasteiger partial charge < -0.3 is 19.9 Å². The Morgan fingerprint density at radius 1 is 1.31 bits per heavy atom. The lowest BCUT2D eigenvalue weighted by molar-refractivity contribution is 0.104. The normalized spacial score (nSPS) is 10.1. The van der Waals surface area contributed by atoms with Gasteiger partial charge in [0.15, 0.2) is 11.5 Å². The number of hydrogen-bond donors (Lipinski definition) is 1. The Hall–Kier alpha value is -2.63. The molecule has 6 nitrogen and oxygen atoms in total. The van der Waals surface area contributed by atoms with Crippen molar-refractivity contribution in [2.24, 2.45) is 0 Å². The average molecular weight is 390 g/mol. The molecule has 8 heteroatoms. The van der Waals surface area contributed by atoms with Gasteiger partial charge in [0.05, 0.1) is 31.2 Å². The number of ether oxygens (including phenoxy) is 3. The maximum atomic E-state index is 13.0. The second-order valence-corrected chi connectivity index (χ2v) is 7.27. The van der Waals surface area contributed by atoms with Crippen molar-refractivity contribution in [3.63, 3.8) is 0 Å². The van der Waals surface area contributed by atoms with Crippen LogP contribution in [0.25, 0.3) is 0 Å². The van der Waals surface area contributed by atoms with E-state index in [2.05, 4.69) is 12.6 Å². The molecule has 0 atom stereocenters. The number of nitriles is 1. The van der Waals surface area contributed by atoms with E-state index < -0.39 is 0 Å². The highest BCUT2D eigenvalue weighted by Crippen LogP contribution is 2.42. The van der Waals surface area contributed by atoms with E-state index in [-0.39, 0.29) is 11.5 Å². The number of rotatable bonds is 8. The summed E-state index contributed by atoms with van der Waals surface area (Å²) in [7, 11) is 4.44. The second-order valence-electron chi connectivity index (χ2n) is 4.96. The van der Waals surface area contributed by atoms with E-state index in [0.717, 1.165) is 0 Å². The third-order valence-electron chi connectivity index (χ3n) is 3.49. The highest BCUT2D eigenvalue weighted by molar-refractivity contribution is 8.01. The maximum absolute atomic E-state index is 13.0. The van der Waals surface area contributed by atoms with Crippen LogP contribution in [0.3, 0.4) is 0 Å². The van der Waals surface area contributed by atoms with Crippen molar-refractivity contribution >= 4 is 34.6 Å². The van der Waals surface area contributed by atoms with Crippen LogP contribution in [-0.4, -0.2) is 32.9 Å². The lowest BCUT2D eigenvalue weighted by atomic mass is 10.1. The third kappa shape index (κ3) is 3.64. The highest BCUT2D eigenvalue weighted by atomic mass is 32.2. The molecule has 0 radical (unpaired) electrons. The van der Waals surface area contributed by atoms with Crippen molar-refractivity contribution in [1.82, 2.24) is 0 Å². The number of nitrogen functional groups attached to an aromatic ring is 1. The zero-order chi connectivity index (χ0) is 19.3. The van der Waals surface area contributed by atoms with E-state index >= 15 is 0 Å². The zero-order valence-electron chi connectivity index (χ0n) is 14.6. The molecule has 0 bridgehead atoms. The molecule has 0 aliphatic carbocycles. The summed E-state index contributed by atoms with van der Waals surface area (Å²) in [5.74, 6) is 1.44. The van der Waals surface area contributed by atoms with Crippen LogP contribution in [-0.2, 0) is 0 Å². The van der Waals surface area contributed by atoms with Gasteiger partial charge in [-0.05, 0) is 12.1 Å². The van der Waals surface area contributed by atoms with Crippen LogP contribution in [0.4, 0.5) is 5.69 Å². The molecule has 0 amide bonds. The molecule has 0 aliphatic rings. The largest absolute Gasteiger partial charge is 0.493 e. The lowest BCUT2D eigenvalue weighted by Crippen LogP contribution is -2.05. The van der Waals surface area contributed by atoms with Gasteiger partial charge >= 0.3 is 0 Å². The molecule has 0 aliphatic heterocycles. The third-order valence-corrected chi connectivity index (χ3v) is 5.96. The number of nitrogens with two attached hydrogens (primary N) is 1. The van der Waals surface area contributed by atoms with Crippen molar-refractivity contribution in [1.29, 1.82) is 5.26 Å². The van der Waals surface area contributed by atoms with Crippen LogP contribution >= 0.6 is 23.1 Å². The summed E-state index contributed by atoms with van der Waals surface area (Å²) < 4.78 is 16.5. The van der Waals surface area contributed by atoms with Crippen LogP contribution in [0.15, 0.2) is 29.0 Å². The molecule has 0 spiro atoms. The van der Waals surface area contributed by atoms with E-state index in [0.29, 0.717) is 43.2 Å². The predicted molar refractivity (Wildman–Crippen MR) is 104 cm³/mol. The second kappa shape index (κ2) is 8.65. The minimum Gasteiger partial charge on any atom is -0.493 e. The minimum atomic E-state index is -0.311. The maximum Gasteiger partial charge on any atom is 0.205 e. The van der Waals surface area contributed by atoms with Gasteiger partial charge in [-0.1, -0.05) is 6.08 Å². The van der Waals surface area contributed by atoms with Gasteiger partial charge in [0, 0.05) is 11.3 Å². The number of nitrogens with zero attached hydrogens (tertiary/aromatic N) is 1. The Kier molecular flexibility index (Phi) is 6.55. The summed E-state index contributed by atoms with van der Waals surface area (Å²) in [6.07, 6.45) is 1.72. The van der Waals surface area contributed by atoms with Crippen molar-refractivity contribution in [2.45, 2.75) is 4.21 Å². The van der Waals surface area contributed by atoms with Crippen LogP contribution < -0.4 is 19.9 Å². The number of hydrogen-bond acceptors (Lipinski definition) is 8. The first kappa shape index (κ1) is 19.7. The molecular weight excluding hydrogens is 372 g/mol. The molecule has 2 N–H and O–H groups in total. The lowest BCUT2D eigenvalue weighted by Gasteiger charge is -2.13. The monoisotopic (exact) mass is 390 g/mol. The van der Waals surface area contributed by atoms with E-state index in [4.69, 9.17) is 19.9 Å². The van der Waals surface area contributed by atoms with Crippen molar-refractivity contribution in [3.05, 3.63) is 40.8 Å². The number of methoxy groups -OCH3 is 3. The summed E-state index contributed by atoms with van der Waals surface area (Å²) in [5.41, 5.74) is 6.89. The molecule has 1 aromatic heterocycles. The quantitative estimate of drug-likeness (QED) is 0.417. The molecule has 0 saturated carbocycles. The Morgan fingerprint density at radius 2 is 1.92 bits per heavy atom. The van der Waals surface area contributed by atoms with Crippen LogP contribution in [0.5, 0.6) is 17.2 Å². The Balaban J connectivity index is 2.54. The van der Waals surface area contributed by atoms with E-state index in [9.17, 15) is 10.1 Å². The molecule has 0 unspecified atom stereocenters. The summed E-state index contributed by atoms with van der Waals surface area (Å²) in [4.78, 5) is 13.3. The number of benzene rings is 1. The Labute approximate surface area is 160 Å². The van der Waals surface area contributed by atoms with E-state index in [1.54, 1.807) is 18.2 Å². The van der Waals surface area contributed by atoms with Gasteiger partial charge in [0.25, 0.3) is 0 Å². The first-order valence-electron chi connectivity index (χ1n) is 7.43. The number of thioether (sulfide) groups is 1. The molecule has 1 aromatic carbocycles. The molecule has 2 aromatic rings. The summed E-state index contributed by atoms with van der Waals surface area (Å²) in [5, 5.41) is 9.37. The average Bonchev–Trinajstić information content (AvgIpc) is 2.99. The molecule has 0 fully saturated rings. The van der Waals surface area contributed by atoms with Crippen LogP contribution in [0, 0.1) is 11.3 Å². The fourth-order valence-electron chi connectivity index (χ4n) is 2.28. The minimum absolute atomic E-state index is 0.183. The van der Waals surface area contributed by atoms with Crippen molar-refractivity contribution in [2.75, 3.05) is 32.8 Å². The Morgan fingerprint density at radius 3 is 2.38 bits per heavy atom. The molecular formula is C18H18N2O4S2. The van der Waals surface area contributed by atoms with Crippen LogP contribution in [0.1, 0.15) is 20.8 Å². The van der Waals surface area contributed by atoms with Gasteiger partial charge in [0.1, 0.15) is 16.5 Å². The van der Waals surface area contributed by atoms with E-state index in [1.807, 2.05) is 0 Å². The smallest absolute Gasteiger partial charge is 0.205 e. The molecule has 136 valence electrons. The summed E-state index contributed by atoms with van der Waals surface area (Å²) >= 11 is 2.61. The summed E-state index contributed by atoms with van der Waals surface area (Å²) in [6.45, 7) is 3.66. The SMILES string of the molecule is C=CCSc1sc(C(=O)c2cc(OC)c(OC)c(OC)c2)c(N)c1C#N.